The first-order valence-corrected chi connectivity index (χ1v) is 5.97. The van der Waals surface area contributed by atoms with E-state index in [9.17, 15) is 0 Å². The van der Waals surface area contributed by atoms with E-state index < -0.39 is 0 Å². The second-order valence-electron chi connectivity index (χ2n) is 4.78. The molecular formula is C12H13I. The Kier molecular flexibility index (Phi) is 1.46. The van der Waals surface area contributed by atoms with Gasteiger partial charge in [0.1, 0.15) is 0 Å². The van der Waals surface area contributed by atoms with E-state index in [1.165, 1.54) is 24.8 Å². The van der Waals surface area contributed by atoms with E-state index in [-0.39, 0.29) is 0 Å². The normalized spacial score (nSPS) is 40.8. The van der Waals surface area contributed by atoms with E-state index in [0.717, 1.165) is 0 Å². The Morgan fingerprint density at radius 1 is 1.15 bits per heavy atom. The fourth-order valence-corrected chi connectivity index (χ4v) is 5.31. The van der Waals surface area contributed by atoms with Crippen molar-refractivity contribution in [1.82, 2.24) is 0 Å². The molecule has 0 saturated heterocycles. The van der Waals surface area contributed by atoms with Crippen molar-refractivity contribution in [3.63, 3.8) is 0 Å². The van der Waals surface area contributed by atoms with Crippen LogP contribution in [0.2, 0.25) is 0 Å². The third-order valence-electron chi connectivity index (χ3n) is 3.68. The summed E-state index contributed by atoms with van der Waals surface area (Å²) in [6, 6.07) is 8.90. The lowest BCUT2D eigenvalue weighted by Crippen LogP contribution is -2.66. The molecule has 0 atom stereocenters. The van der Waals surface area contributed by atoms with E-state index in [0.29, 0.717) is 8.84 Å². The van der Waals surface area contributed by atoms with Gasteiger partial charge in [0.15, 0.2) is 0 Å². The Balaban J connectivity index is 1.99. The van der Waals surface area contributed by atoms with Crippen LogP contribution in [-0.2, 0) is 5.41 Å². The molecule has 0 amide bonds. The van der Waals surface area contributed by atoms with Gasteiger partial charge in [0.2, 0.25) is 0 Å². The maximum absolute atomic E-state index is 2.64. The van der Waals surface area contributed by atoms with Crippen LogP contribution in [-0.4, -0.2) is 3.42 Å². The van der Waals surface area contributed by atoms with E-state index >= 15 is 0 Å². The summed E-state index contributed by atoms with van der Waals surface area (Å²) in [5.74, 6) is 0. The molecule has 0 heterocycles. The number of benzene rings is 1. The summed E-state index contributed by atoms with van der Waals surface area (Å²) in [7, 11) is 0. The first kappa shape index (κ1) is 8.27. The predicted octanol–water partition coefficient (Wildman–Crippen LogP) is 3.60. The van der Waals surface area contributed by atoms with Gasteiger partial charge in [-0.1, -0.05) is 46.9 Å². The maximum atomic E-state index is 2.64. The Morgan fingerprint density at radius 3 is 2.31 bits per heavy atom. The topological polar surface area (TPSA) is 0 Å². The Bertz CT molecular complexity index is 347. The zero-order valence-electron chi connectivity index (χ0n) is 7.81. The van der Waals surface area contributed by atoms with Crippen molar-refractivity contribution in [2.45, 2.75) is 35.0 Å². The van der Waals surface area contributed by atoms with Crippen LogP contribution in [0.25, 0.3) is 0 Å². The molecule has 3 aliphatic carbocycles. The molecule has 3 fully saturated rings. The van der Waals surface area contributed by atoms with Gasteiger partial charge in [-0.25, -0.2) is 0 Å². The monoisotopic (exact) mass is 284 g/mol. The summed E-state index contributed by atoms with van der Waals surface area (Å²) in [5, 5.41) is 0. The lowest BCUT2D eigenvalue weighted by atomic mass is 9.42. The Labute approximate surface area is 92.9 Å². The smallest absolute Gasteiger partial charge is 0.0247 e. The first-order valence-electron chi connectivity index (χ1n) is 4.89. The fourth-order valence-electron chi connectivity index (χ4n) is 3.12. The lowest BCUT2D eigenvalue weighted by molar-refractivity contribution is 0.0215. The molecule has 0 N–H and O–H groups in total. The van der Waals surface area contributed by atoms with Gasteiger partial charge in [0.05, 0.1) is 0 Å². The Hall–Kier alpha value is -0.0500. The molecule has 4 rings (SSSR count). The minimum absolute atomic E-state index is 0.604. The second kappa shape index (κ2) is 2.30. The summed E-state index contributed by atoms with van der Waals surface area (Å²) in [6.45, 7) is 2.25. The number of hydrogen-bond acceptors (Lipinski definition) is 0. The second-order valence-corrected chi connectivity index (χ2v) is 7.06. The van der Waals surface area contributed by atoms with E-state index in [1.54, 1.807) is 5.56 Å². The molecule has 0 aromatic heterocycles. The van der Waals surface area contributed by atoms with Crippen molar-refractivity contribution in [1.29, 1.82) is 0 Å². The summed E-state index contributed by atoms with van der Waals surface area (Å²) in [6.07, 6.45) is 4.27. The van der Waals surface area contributed by atoms with Gasteiger partial charge in [-0.15, -0.1) is 0 Å². The number of hydrogen-bond donors (Lipinski definition) is 0. The van der Waals surface area contributed by atoms with Crippen molar-refractivity contribution in [3.05, 3.63) is 35.4 Å². The van der Waals surface area contributed by atoms with Crippen molar-refractivity contribution >= 4 is 22.6 Å². The van der Waals surface area contributed by atoms with Crippen LogP contribution in [0, 0.1) is 6.92 Å². The first-order chi connectivity index (χ1) is 6.14. The van der Waals surface area contributed by atoms with Gasteiger partial charge in [0, 0.05) is 3.42 Å². The van der Waals surface area contributed by atoms with Crippen LogP contribution < -0.4 is 0 Å². The minimum atomic E-state index is 0.604. The van der Waals surface area contributed by atoms with Crippen LogP contribution in [0.1, 0.15) is 30.4 Å². The highest BCUT2D eigenvalue weighted by atomic mass is 127. The molecule has 0 radical (unpaired) electrons. The zero-order valence-corrected chi connectivity index (χ0v) is 9.97. The van der Waals surface area contributed by atoms with E-state index in [1.807, 2.05) is 0 Å². The van der Waals surface area contributed by atoms with Crippen LogP contribution in [0.5, 0.6) is 0 Å². The Morgan fingerprint density at radius 2 is 1.77 bits per heavy atom. The largest absolute Gasteiger partial charge is 0.0788 e. The number of alkyl halides is 1. The molecule has 13 heavy (non-hydrogen) atoms. The van der Waals surface area contributed by atoms with Gasteiger partial charge in [-0.2, -0.15) is 0 Å². The highest BCUT2D eigenvalue weighted by molar-refractivity contribution is 14.1. The molecule has 1 aromatic rings. The van der Waals surface area contributed by atoms with Crippen LogP contribution >= 0.6 is 22.6 Å². The zero-order chi connectivity index (χ0) is 9.10. The SMILES string of the molecule is Cc1ccccc1C12CC(I)(C1)C2. The molecule has 0 nitrogen and oxygen atoms in total. The highest BCUT2D eigenvalue weighted by Gasteiger charge is 2.67. The summed E-state index contributed by atoms with van der Waals surface area (Å²) in [4.78, 5) is 0. The molecule has 0 spiro atoms. The van der Waals surface area contributed by atoms with E-state index in [4.69, 9.17) is 0 Å². The molecule has 2 bridgehead atoms. The molecule has 0 aliphatic heterocycles. The third kappa shape index (κ3) is 0.969. The van der Waals surface area contributed by atoms with Gasteiger partial charge >= 0.3 is 0 Å². The predicted molar refractivity (Wildman–Crippen MR) is 63.5 cm³/mol. The minimum Gasteiger partial charge on any atom is -0.0788 e. The molecule has 0 unspecified atom stereocenters. The van der Waals surface area contributed by atoms with Crippen molar-refractivity contribution in [2.75, 3.05) is 0 Å². The molecule has 68 valence electrons. The number of aryl methyl sites for hydroxylation is 1. The summed E-state index contributed by atoms with van der Waals surface area (Å²) >= 11 is 2.64. The van der Waals surface area contributed by atoms with Crippen LogP contribution in [0.3, 0.4) is 0 Å². The summed E-state index contributed by atoms with van der Waals surface area (Å²) < 4.78 is 0.694. The lowest BCUT2D eigenvalue weighted by Gasteiger charge is -2.68. The quantitative estimate of drug-likeness (QED) is 0.546. The molecule has 1 heteroatoms. The van der Waals surface area contributed by atoms with Gasteiger partial charge in [0.25, 0.3) is 0 Å². The van der Waals surface area contributed by atoms with Gasteiger partial charge < -0.3 is 0 Å². The van der Waals surface area contributed by atoms with Gasteiger partial charge in [-0.05, 0) is 42.7 Å². The molecule has 3 saturated carbocycles. The summed E-state index contributed by atoms with van der Waals surface area (Å²) in [5.41, 5.74) is 3.71. The fraction of sp³-hybridized carbons (Fsp3) is 0.500. The van der Waals surface area contributed by atoms with Crippen LogP contribution in [0.15, 0.2) is 24.3 Å². The van der Waals surface area contributed by atoms with Crippen LogP contribution in [0.4, 0.5) is 0 Å². The van der Waals surface area contributed by atoms with E-state index in [2.05, 4.69) is 53.8 Å². The number of halogens is 1. The maximum Gasteiger partial charge on any atom is 0.0247 e. The highest BCUT2D eigenvalue weighted by Crippen LogP contribution is 2.72. The average molecular weight is 284 g/mol. The third-order valence-corrected chi connectivity index (χ3v) is 4.83. The van der Waals surface area contributed by atoms with Crippen molar-refractivity contribution < 1.29 is 0 Å². The van der Waals surface area contributed by atoms with Crippen molar-refractivity contribution in [2.24, 2.45) is 0 Å². The molecule has 3 aliphatic rings. The molecule has 1 aromatic carbocycles. The number of rotatable bonds is 1. The van der Waals surface area contributed by atoms with Crippen molar-refractivity contribution in [3.8, 4) is 0 Å². The average Bonchev–Trinajstić information content (AvgIpc) is 1.99. The molecular weight excluding hydrogens is 271 g/mol. The van der Waals surface area contributed by atoms with Gasteiger partial charge in [-0.3, -0.25) is 0 Å². The standard InChI is InChI=1S/C12H13I/c1-9-4-2-3-5-10(9)11-6-12(13,7-11)8-11/h2-5H,6-8H2,1H3.